The van der Waals surface area contributed by atoms with Crippen molar-refractivity contribution < 1.29 is 29.6 Å². The summed E-state index contributed by atoms with van der Waals surface area (Å²) >= 11 is 0. The first-order valence-electron chi connectivity index (χ1n) is 8.50. The van der Waals surface area contributed by atoms with Gasteiger partial charge in [-0.05, 0) is 31.5 Å². The smallest absolute Gasteiger partial charge is 0.174 e. The number of phenols is 2. The number of Topliss-reactive ketones (excluding diaryl/α,β-unsaturated/α-hetero) is 1. The number of carbonyl (C=O) groups is 1. The number of ether oxygens (including phenoxy) is 2. The number of benzene rings is 2. The minimum Gasteiger partial charge on any atom is -0.508 e. The fraction of sp³-hybridized carbons (Fsp3) is 0.350. The van der Waals surface area contributed by atoms with Crippen molar-refractivity contribution in [2.75, 3.05) is 0 Å². The molecule has 26 heavy (non-hydrogen) atoms. The second kappa shape index (κ2) is 5.64. The van der Waals surface area contributed by atoms with E-state index in [9.17, 15) is 20.1 Å². The van der Waals surface area contributed by atoms with E-state index in [1.54, 1.807) is 38.1 Å². The van der Waals surface area contributed by atoms with Gasteiger partial charge in [0.05, 0.1) is 12.0 Å². The lowest BCUT2D eigenvalue weighted by molar-refractivity contribution is -0.0230. The van der Waals surface area contributed by atoms with Crippen molar-refractivity contribution in [3.05, 3.63) is 47.0 Å². The Hall–Kier alpha value is -2.73. The molecule has 2 aliphatic rings. The minimum absolute atomic E-state index is 0.0971. The normalized spacial score (nSPS) is 21.6. The molecule has 2 aromatic carbocycles. The Labute approximate surface area is 150 Å². The van der Waals surface area contributed by atoms with Crippen LogP contribution in [0.1, 0.15) is 47.9 Å². The molecule has 0 unspecified atom stereocenters. The first kappa shape index (κ1) is 16.7. The molecule has 0 amide bonds. The van der Waals surface area contributed by atoms with Gasteiger partial charge in [0.25, 0.3) is 0 Å². The zero-order valence-electron chi connectivity index (χ0n) is 14.5. The number of phenolic OH excluding ortho intramolecular Hbond substituents is 2. The topological polar surface area (TPSA) is 96.2 Å². The third kappa shape index (κ3) is 2.66. The molecule has 6 nitrogen and oxygen atoms in total. The van der Waals surface area contributed by atoms with Gasteiger partial charge in [-0.25, -0.2) is 0 Å². The van der Waals surface area contributed by atoms with Gasteiger partial charge in [-0.15, -0.1) is 0 Å². The maximum atomic E-state index is 12.7. The number of rotatable bonds is 2. The van der Waals surface area contributed by atoms with Crippen LogP contribution in [0.15, 0.2) is 30.3 Å². The van der Waals surface area contributed by atoms with Gasteiger partial charge in [0.1, 0.15) is 40.8 Å². The summed E-state index contributed by atoms with van der Waals surface area (Å²) in [4.78, 5) is 12.7. The monoisotopic (exact) mass is 356 g/mol. The second-order valence-corrected chi connectivity index (χ2v) is 7.37. The molecular weight excluding hydrogens is 336 g/mol. The molecule has 2 aromatic rings. The van der Waals surface area contributed by atoms with E-state index in [0.29, 0.717) is 23.5 Å². The Balaban J connectivity index is 1.75. The summed E-state index contributed by atoms with van der Waals surface area (Å²) in [7, 11) is 0. The predicted octanol–water partition coefficient (Wildman–Crippen LogP) is 2.88. The summed E-state index contributed by atoms with van der Waals surface area (Å²) in [6.45, 7) is 3.31. The molecule has 3 N–H and O–H groups in total. The van der Waals surface area contributed by atoms with Gasteiger partial charge in [-0.2, -0.15) is 0 Å². The largest absolute Gasteiger partial charge is 0.508 e. The SMILES string of the molecule is CC(C)(O)[C@@H]1Cc2c(cc(O)c3c2O[C@H](c2ccc(O)cc2)CC3=O)O1. The molecule has 0 bridgehead atoms. The Morgan fingerprint density at radius 1 is 1.08 bits per heavy atom. The average molecular weight is 356 g/mol. The lowest BCUT2D eigenvalue weighted by Gasteiger charge is -2.27. The van der Waals surface area contributed by atoms with Crippen molar-refractivity contribution in [2.45, 2.75) is 44.5 Å². The van der Waals surface area contributed by atoms with Crippen molar-refractivity contribution in [3.63, 3.8) is 0 Å². The Morgan fingerprint density at radius 2 is 1.77 bits per heavy atom. The van der Waals surface area contributed by atoms with Crippen LogP contribution < -0.4 is 9.47 Å². The summed E-state index contributed by atoms with van der Waals surface area (Å²) < 4.78 is 11.9. The summed E-state index contributed by atoms with van der Waals surface area (Å²) in [5.74, 6) is 0.491. The molecule has 2 heterocycles. The molecule has 0 aliphatic carbocycles. The third-order valence-electron chi connectivity index (χ3n) is 4.94. The van der Waals surface area contributed by atoms with Crippen LogP contribution in [0.2, 0.25) is 0 Å². The van der Waals surface area contributed by atoms with Crippen LogP contribution in [0.3, 0.4) is 0 Å². The third-order valence-corrected chi connectivity index (χ3v) is 4.94. The summed E-state index contributed by atoms with van der Waals surface area (Å²) in [6, 6.07) is 7.91. The van der Waals surface area contributed by atoms with Gasteiger partial charge in [0.15, 0.2) is 5.78 Å². The van der Waals surface area contributed by atoms with Gasteiger partial charge >= 0.3 is 0 Å². The molecule has 0 saturated carbocycles. The highest BCUT2D eigenvalue weighted by atomic mass is 16.5. The minimum atomic E-state index is -1.07. The van der Waals surface area contributed by atoms with Gasteiger partial charge < -0.3 is 24.8 Å². The number of aliphatic hydroxyl groups is 1. The predicted molar refractivity (Wildman–Crippen MR) is 92.9 cm³/mol. The van der Waals surface area contributed by atoms with Crippen LogP contribution in [0.5, 0.6) is 23.0 Å². The fourth-order valence-corrected chi connectivity index (χ4v) is 3.46. The second-order valence-electron chi connectivity index (χ2n) is 7.37. The maximum absolute atomic E-state index is 12.7. The Kier molecular flexibility index (Phi) is 3.63. The summed E-state index contributed by atoms with van der Waals surface area (Å²) in [5, 5.41) is 30.0. The summed E-state index contributed by atoms with van der Waals surface area (Å²) in [6.07, 6.45) is -0.518. The Morgan fingerprint density at radius 3 is 2.42 bits per heavy atom. The number of fused-ring (bicyclic) bond motifs is 3. The molecule has 0 radical (unpaired) electrons. The number of hydrogen-bond acceptors (Lipinski definition) is 6. The molecule has 4 rings (SSSR count). The quantitative estimate of drug-likeness (QED) is 0.766. The maximum Gasteiger partial charge on any atom is 0.174 e. The zero-order valence-corrected chi connectivity index (χ0v) is 14.5. The fourth-order valence-electron chi connectivity index (χ4n) is 3.46. The Bertz CT molecular complexity index is 879. The average Bonchev–Trinajstić information content (AvgIpc) is 2.99. The van der Waals surface area contributed by atoms with Crippen LogP contribution in [0, 0.1) is 0 Å². The van der Waals surface area contributed by atoms with Gasteiger partial charge in [0.2, 0.25) is 0 Å². The van der Waals surface area contributed by atoms with Crippen molar-refractivity contribution in [1.29, 1.82) is 0 Å². The molecule has 0 fully saturated rings. The van der Waals surface area contributed by atoms with Crippen molar-refractivity contribution >= 4 is 5.78 Å². The van der Waals surface area contributed by atoms with Crippen LogP contribution in [-0.2, 0) is 6.42 Å². The van der Waals surface area contributed by atoms with Gasteiger partial charge in [0, 0.05) is 18.1 Å². The lowest BCUT2D eigenvalue weighted by atomic mass is 9.91. The number of aromatic hydroxyl groups is 2. The van der Waals surface area contributed by atoms with Gasteiger partial charge in [-0.1, -0.05) is 12.1 Å². The number of carbonyl (C=O) groups excluding carboxylic acids is 1. The van der Waals surface area contributed by atoms with Gasteiger partial charge in [-0.3, -0.25) is 4.79 Å². The lowest BCUT2D eigenvalue weighted by Crippen LogP contribution is -2.39. The van der Waals surface area contributed by atoms with E-state index in [4.69, 9.17) is 9.47 Å². The molecule has 0 aromatic heterocycles. The van der Waals surface area contributed by atoms with Crippen LogP contribution >= 0.6 is 0 Å². The molecule has 0 spiro atoms. The van der Waals surface area contributed by atoms with Crippen LogP contribution in [-0.4, -0.2) is 32.8 Å². The molecule has 136 valence electrons. The molecular formula is C20H20O6. The van der Waals surface area contributed by atoms with Crippen molar-refractivity contribution in [3.8, 4) is 23.0 Å². The first-order chi connectivity index (χ1) is 12.2. The van der Waals surface area contributed by atoms with E-state index in [1.807, 2.05) is 0 Å². The summed E-state index contributed by atoms with van der Waals surface area (Å²) in [5.41, 5.74) is 0.536. The first-order valence-corrected chi connectivity index (χ1v) is 8.50. The van der Waals surface area contributed by atoms with E-state index in [0.717, 1.165) is 5.56 Å². The van der Waals surface area contributed by atoms with Crippen molar-refractivity contribution in [1.82, 2.24) is 0 Å². The van der Waals surface area contributed by atoms with E-state index < -0.39 is 17.8 Å². The van der Waals surface area contributed by atoms with E-state index in [2.05, 4.69) is 0 Å². The number of hydrogen-bond donors (Lipinski definition) is 3. The van der Waals surface area contributed by atoms with E-state index in [1.165, 1.54) is 6.07 Å². The highest BCUT2D eigenvalue weighted by Crippen LogP contribution is 2.49. The van der Waals surface area contributed by atoms with Crippen molar-refractivity contribution in [2.24, 2.45) is 0 Å². The standard InChI is InChI=1S/C20H20O6/c1-20(2,24)17-7-12-16(25-17)9-14(23)18-13(22)8-15(26-19(12)18)10-3-5-11(21)6-4-10/h3-6,9,15,17,21,23-24H,7-8H2,1-2H3/t15-,17-/m0/s1. The molecule has 2 aliphatic heterocycles. The molecule has 2 atom stereocenters. The highest BCUT2D eigenvalue weighted by Gasteiger charge is 2.41. The van der Waals surface area contributed by atoms with Crippen LogP contribution in [0.4, 0.5) is 0 Å². The molecule has 0 saturated heterocycles. The molecule has 6 heteroatoms. The van der Waals surface area contributed by atoms with E-state index in [-0.39, 0.29) is 29.3 Å². The zero-order chi connectivity index (χ0) is 18.6. The van der Waals surface area contributed by atoms with E-state index >= 15 is 0 Å². The number of ketones is 1. The van der Waals surface area contributed by atoms with Crippen LogP contribution in [0.25, 0.3) is 0 Å². The highest BCUT2D eigenvalue weighted by molar-refractivity contribution is 6.03.